The normalized spacial score (nSPS) is 10.6. The third-order valence-corrected chi connectivity index (χ3v) is 3.67. The van der Waals surface area contributed by atoms with Crippen LogP contribution in [-0.4, -0.2) is 20.0 Å². The van der Waals surface area contributed by atoms with Crippen LogP contribution in [-0.2, 0) is 13.6 Å². The molecule has 6 nitrogen and oxygen atoms in total. The quantitative estimate of drug-likeness (QED) is 0.800. The van der Waals surface area contributed by atoms with Gasteiger partial charge < -0.3 is 14.5 Å². The second-order valence-corrected chi connectivity index (χ2v) is 5.74. The number of nitrogens with zero attached hydrogens (tertiary/aromatic N) is 3. The molecule has 1 amide bonds. The summed E-state index contributed by atoms with van der Waals surface area (Å²) in [4.78, 5) is 27.8. The van der Waals surface area contributed by atoms with Crippen LogP contribution in [0.25, 0.3) is 0 Å². The Balaban J connectivity index is 1.70. The lowest BCUT2D eigenvalue weighted by Gasteiger charge is -2.04. The smallest absolute Gasteiger partial charge is 0.258 e. The summed E-state index contributed by atoms with van der Waals surface area (Å²) in [6.45, 7) is 2.74. The summed E-state index contributed by atoms with van der Waals surface area (Å²) < 4.78 is 3.27. The van der Waals surface area contributed by atoms with Gasteiger partial charge in [0.25, 0.3) is 5.91 Å². The molecule has 0 bridgehead atoms. The van der Waals surface area contributed by atoms with Gasteiger partial charge in [-0.05, 0) is 18.6 Å². The molecule has 0 atom stereocenters. The summed E-state index contributed by atoms with van der Waals surface area (Å²) in [7, 11) is 1.61. The van der Waals surface area contributed by atoms with Crippen molar-refractivity contribution in [2.24, 2.45) is 7.05 Å². The fourth-order valence-electron chi connectivity index (χ4n) is 2.45. The number of anilines is 1. The first-order valence-corrected chi connectivity index (χ1v) is 7.56. The van der Waals surface area contributed by atoms with Crippen LogP contribution >= 0.6 is 0 Å². The fourth-order valence-corrected chi connectivity index (χ4v) is 2.45. The molecule has 0 radical (unpaired) electrons. The van der Waals surface area contributed by atoms with Crippen molar-refractivity contribution in [3.63, 3.8) is 0 Å². The predicted octanol–water partition coefficient (Wildman–Crippen LogP) is 2.19. The summed E-state index contributed by atoms with van der Waals surface area (Å²) >= 11 is 0. The number of carbonyl (C=O) groups excluding carboxylic acids is 1. The van der Waals surface area contributed by atoms with E-state index >= 15 is 0 Å². The van der Waals surface area contributed by atoms with Crippen LogP contribution in [0.4, 0.5) is 5.82 Å². The molecule has 24 heavy (non-hydrogen) atoms. The van der Waals surface area contributed by atoms with Gasteiger partial charge in [0.1, 0.15) is 0 Å². The molecule has 0 fully saturated rings. The van der Waals surface area contributed by atoms with Crippen LogP contribution in [0.15, 0.2) is 59.9 Å². The van der Waals surface area contributed by atoms with Crippen molar-refractivity contribution in [2.75, 3.05) is 5.32 Å². The highest BCUT2D eigenvalue weighted by Gasteiger charge is 2.09. The number of carbonyl (C=O) groups is 1. The van der Waals surface area contributed by atoms with Crippen molar-refractivity contribution in [3.05, 3.63) is 82.2 Å². The number of hydrogen-bond acceptors (Lipinski definition) is 3. The maximum absolute atomic E-state index is 12.2. The summed E-state index contributed by atoms with van der Waals surface area (Å²) in [5.41, 5.74) is 2.62. The molecular formula is C18H18N4O2. The minimum absolute atomic E-state index is 0.158. The van der Waals surface area contributed by atoms with Gasteiger partial charge >= 0.3 is 0 Å². The Labute approximate surface area is 139 Å². The molecule has 6 heteroatoms. The second-order valence-electron chi connectivity index (χ2n) is 5.74. The number of rotatable bonds is 4. The standard InChI is InChI=1S/C18H18N4O2/c1-13-4-3-5-14(8-13)9-22-11-16(19-12-22)20-18(24)15-6-7-17(23)21(2)10-15/h3-8,10-12H,9H2,1-2H3,(H,20,24). The molecule has 0 aliphatic carbocycles. The van der Waals surface area contributed by atoms with E-state index in [2.05, 4.69) is 35.4 Å². The Morgan fingerprint density at radius 2 is 2.04 bits per heavy atom. The van der Waals surface area contributed by atoms with E-state index in [4.69, 9.17) is 0 Å². The third-order valence-electron chi connectivity index (χ3n) is 3.67. The van der Waals surface area contributed by atoms with Crippen LogP contribution in [0, 0.1) is 6.92 Å². The molecule has 2 aromatic heterocycles. The van der Waals surface area contributed by atoms with E-state index in [1.165, 1.54) is 34.0 Å². The van der Waals surface area contributed by atoms with Gasteiger partial charge in [-0.1, -0.05) is 29.8 Å². The monoisotopic (exact) mass is 322 g/mol. The van der Waals surface area contributed by atoms with Gasteiger partial charge in [0.05, 0.1) is 11.9 Å². The zero-order chi connectivity index (χ0) is 17.1. The second kappa shape index (κ2) is 6.54. The van der Waals surface area contributed by atoms with Gasteiger partial charge in [-0.3, -0.25) is 9.59 Å². The number of aromatic nitrogens is 3. The summed E-state index contributed by atoms with van der Waals surface area (Å²) in [5, 5.41) is 2.74. The average molecular weight is 322 g/mol. The lowest BCUT2D eigenvalue weighted by Crippen LogP contribution is -2.19. The lowest BCUT2D eigenvalue weighted by atomic mass is 10.1. The molecule has 0 saturated carbocycles. The molecule has 122 valence electrons. The Morgan fingerprint density at radius 1 is 1.21 bits per heavy atom. The first-order chi connectivity index (χ1) is 11.5. The molecular weight excluding hydrogens is 304 g/mol. The third kappa shape index (κ3) is 3.60. The molecule has 2 heterocycles. The van der Waals surface area contributed by atoms with Crippen molar-refractivity contribution in [2.45, 2.75) is 13.5 Å². The molecule has 0 saturated heterocycles. The summed E-state index contributed by atoms with van der Waals surface area (Å²) in [6, 6.07) is 11.1. The van der Waals surface area contributed by atoms with E-state index in [9.17, 15) is 9.59 Å². The summed E-state index contributed by atoms with van der Waals surface area (Å²) in [5.74, 6) is 0.174. The number of imidazole rings is 1. The van der Waals surface area contributed by atoms with E-state index in [1.807, 2.05) is 10.6 Å². The Kier molecular flexibility index (Phi) is 4.29. The van der Waals surface area contributed by atoms with Crippen molar-refractivity contribution in [1.82, 2.24) is 14.1 Å². The van der Waals surface area contributed by atoms with Gasteiger partial charge in [0.15, 0.2) is 5.82 Å². The molecule has 0 aliphatic rings. The zero-order valence-corrected chi connectivity index (χ0v) is 13.6. The van der Waals surface area contributed by atoms with Gasteiger partial charge in [-0.2, -0.15) is 0 Å². The van der Waals surface area contributed by atoms with E-state index in [1.54, 1.807) is 19.6 Å². The maximum atomic E-state index is 12.2. The minimum atomic E-state index is -0.300. The summed E-state index contributed by atoms with van der Waals surface area (Å²) in [6.07, 6.45) is 4.96. The molecule has 3 rings (SSSR count). The SMILES string of the molecule is Cc1cccc(Cn2cnc(NC(=O)c3ccc(=O)n(C)c3)c2)c1. The average Bonchev–Trinajstić information content (AvgIpc) is 2.97. The molecule has 0 spiro atoms. The lowest BCUT2D eigenvalue weighted by molar-refractivity contribution is 0.102. The van der Waals surface area contributed by atoms with Gasteiger partial charge in [0.2, 0.25) is 5.56 Å². The number of nitrogens with one attached hydrogen (secondary N) is 1. The van der Waals surface area contributed by atoms with Crippen molar-refractivity contribution in [3.8, 4) is 0 Å². The number of amides is 1. The van der Waals surface area contributed by atoms with E-state index in [0.717, 1.165) is 0 Å². The van der Waals surface area contributed by atoms with Crippen LogP contribution in [0.3, 0.4) is 0 Å². The van der Waals surface area contributed by atoms with Crippen LogP contribution in [0.2, 0.25) is 0 Å². The predicted molar refractivity (Wildman–Crippen MR) is 92.1 cm³/mol. The van der Waals surface area contributed by atoms with E-state index in [0.29, 0.717) is 17.9 Å². The zero-order valence-electron chi connectivity index (χ0n) is 13.6. The maximum Gasteiger partial charge on any atom is 0.258 e. The Hall–Kier alpha value is -3.15. The molecule has 0 aliphatic heterocycles. The first-order valence-electron chi connectivity index (χ1n) is 7.56. The Bertz CT molecular complexity index is 940. The fraction of sp³-hybridized carbons (Fsp3) is 0.167. The van der Waals surface area contributed by atoms with Crippen LogP contribution < -0.4 is 10.9 Å². The number of benzene rings is 1. The van der Waals surface area contributed by atoms with Crippen molar-refractivity contribution in [1.29, 1.82) is 0 Å². The van der Waals surface area contributed by atoms with Crippen molar-refractivity contribution >= 4 is 11.7 Å². The van der Waals surface area contributed by atoms with E-state index in [-0.39, 0.29) is 11.5 Å². The number of aryl methyl sites for hydroxylation is 2. The van der Waals surface area contributed by atoms with Crippen LogP contribution in [0.1, 0.15) is 21.5 Å². The highest BCUT2D eigenvalue weighted by Crippen LogP contribution is 2.10. The molecule has 1 aromatic carbocycles. The van der Waals surface area contributed by atoms with Crippen LogP contribution in [0.5, 0.6) is 0 Å². The molecule has 0 unspecified atom stereocenters. The Morgan fingerprint density at radius 3 is 2.79 bits per heavy atom. The minimum Gasteiger partial charge on any atom is -0.331 e. The van der Waals surface area contributed by atoms with Crippen molar-refractivity contribution < 1.29 is 4.79 Å². The molecule has 3 aromatic rings. The molecule has 1 N–H and O–H groups in total. The van der Waals surface area contributed by atoms with Gasteiger partial charge in [-0.15, -0.1) is 0 Å². The number of hydrogen-bond donors (Lipinski definition) is 1. The highest BCUT2D eigenvalue weighted by molar-refractivity contribution is 6.03. The largest absolute Gasteiger partial charge is 0.331 e. The van der Waals surface area contributed by atoms with E-state index < -0.39 is 0 Å². The topological polar surface area (TPSA) is 68.9 Å². The first kappa shape index (κ1) is 15.7. The highest BCUT2D eigenvalue weighted by atomic mass is 16.2. The van der Waals surface area contributed by atoms with Gasteiger partial charge in [-0.25, -0.2) is 4.98 Å². The van der Waals surface area contributed by atoms with Gasteiger partial charge in [0, 0.05) is 32.1 Å². The number of pyridine rings is 1.